The van der Waals surface area contributed by atoms with Gasteiger partial charge in [-0.3, -0.25) is 9.59 Å². The van der Waals surface area contributed by atoms with Crippen LogP contribution in [0.3, 0.4) is 0 Å². The lowest BCUT2D eigenvalue weighted by Gasteiger charge is -2.16. The number of amides is 1. The molecule has 0 saturated carbocycles. The highest BCUT2D eigenvalue weighted by atomic mass is 16.5. The predicted octanol–water partition coefficient (Wildman–Crippen LogP) is 3.47. The molecule has 2 aromatic rings. The molecular formula is C20H21NO4. The Morgan fingerprint density at radius 2 is 1.64 bits per heavy atom. The number of hydrogen-bond acceptors (Lipinski definition) is 3. The summed E-state index contributed by atoms with van der Waals surface area (Å²) in [7, 11) is 0. The van der Waals surface area contributed by atoms with Gasteiger partial charge in [-0.25, -0.2) is 0 Å². The van der Waals surface area contributed by atoms with Crippen LogP contribution in [0.4, 0.5) is 0 Å². The molecule has 1 heterocycles. The summed E-state index contributed by atoms with van der Waals surface area (Å²) in [6.07, 6.45) is 1.08. The highest BCUT2D eigenvalue weighted by Crippen LogP contribution is 2.24. The summed E-state index contributed by atoms with van der Waals surface area (Å²) < 4.78 is 5.81. The van der Waals surface area contributed by atoms with Crippen LogP contribution in [0.2, 0.25) is 0 Å². The maximum Gasteiger partial charge on any atom is 0.308 e. The molecule has 0 bridgehead atoms. The summed E-state index contributed by atoms with van der Waals surface area (Å²) >= 11 is 0. The van der Waals surface area contributed by atoms with Crippen LogP contribution in [0, 0.1) is 5.92 Å². The molecule has 2 aromatic carbocycles. The van der Waals surface area contributed by atoms with Gasteiger partial charge in [-0.15, -0.1) is 0 Å². The maximum atomic E-state index is 11.9. The van der Waals surface area contributed by atoms with Crippen LogP contribution in [0.25, 0.3) is 0 Å². The van der Waals surface area contributed by atoms with Gasteiger partial charge in [0.2, 0.25) is 5.91 Å². The summed E-state index contributed by atoms with van der Waals surface area (Å²) in [4.78, 5) is 24.5. The molecule has 0 aromatic heterocycles. The average molecular weight is 339 g/mol. The van der Waals surface area contributed by atoms with Crippen molar-refractivity contribution in [3.8, 4) is 11.5 Å². The van der Waals surface area contributed by atoms with Crippen LogP contribution < -0.4 is 4.74 Å². The number of hydrogen-bond donors (Lipinski definition) is 1. The summed E-state index contributed by atoms with van der Waals surface area (Å²) in [6, 6.07) is 15.5. The zero-order valence-corrected chi connectivity index (χ0v) is 14.1. The smallest absolute Gasteiger partial charge is 0.308 e. The highest BCUT2D eigenvalue weighted by Gasteiger charge is 2.33. The van der Waals surface area contributed by atoms with E-state index >= 15 is 0 Å². The van der Waals surface area contributed by atoms with Gasteiger partial charge in [-0.1, -0.05) is 31.2 Å². The topological polar surface area (TPSA) is 66.8 Å². The second kappa shape index (κ2) is 7.38. The lowest BCUT2D eigenvalue weighted by atomic mass is 10.1. The minimum Gasteiger partial charge on any atom is -0.481 e. The predicted molar refractivity (Wildman–Crippen MR) is 93.5 cm³/mol. The summed E-state index contributed by atoms with van der Waals surface area (Å²) in [5, 5.41) is 9.03. The van der Waals surface area contributed by atoms with Gasteiger partial charge in [0.1, 0.15) is 11.5 Å². The molecule has 0 radical (unpaired) electrons. The molecule has 5 heteroatoms. The number of ether oxygens (including phenoxy) is 1. The zero-order valence-electron chi connectivity index (χ0n) is 14.1. The van der Waals surface area contributed by atoms with E-state index in [1.54, 1.807) is 4.90 Å². The first-order valence-corrected chi connectivity index (χ1v) is 8.41. The lowest BCUT2D eigenvalue weighted by molar-refractivity contribution is -0.141. The van der Waals surface area contributed by atoms with Crippen molar-refractivity contribution >= 4 is 11.9 Å². The monoisotopic (exact) mass is 339 g/mol. The Morgan fingerprint density at radius 1 is 1.08 bits per heavy atom. The summed E-state index contributed by atoms with van der Waals surface area (Å²) in [6.45, 7) is 2.81. The van der Waals surface area contributed by atoms with E-state index in [9.17, 15) is 9.59 Å². The van der Waals surface area contributed by atoms with Crippen molar-refractivity contribution in [3.05, 3.63) is 59.7 Å². The van der Waals surface area contributed by atoms with E-state index in [4.69, 9.17) is 9.84 Å². The molecule has 1 N–H and O–H groups in total. The molecule has 1 aliphatic rings. The van der Waals surface area contributed by atoms with Gasteiger partial charge in [-0.2, -0.15) is 0 Å². The molecule has 1 amide bonds. The lowest BCUT2D eigenvalue weighted by Crippen LogP contribution is -2.25. The van der Waals surface area contributed by atoms with Crippen LogP contribution in [0.15, 0.2) is 48.5 Å². The number of carboxylic acid groups (broad SMARTS) is 1. The van der Waals surface area contributed by atoms with Crippen LogP contribution in [0.5, 0.6) is 11.5 Å². The molecule has 0 aliphatic carbocycles. The molecule has 1 fully saturated rings. The Bertz CT molecular complexity index is 752. The van der Waals surface area contributed by atoms with Crippen molar-refractivity contribution in [3.63, 3.8) is 0 Å². The number of carboxylic acids is 1. The van der Waals surface area contributed by atoms with Gasteiger partial charge < -0.3 is 14.7 Å². The molecule has 1 unspecified atom stereocenters. The van der Waals surface area contributed by atoms with E-state index < -0.39 is 11.9 Å². The van der Waals surface area contributed by atoms with E-state index in [-0.39, 0.29) is 18.9 Å². The highest BCUT2D eigenvalue weighted by molar-refractivity contribution is 5.86. The second-order valence-corrected chi connectivity index (χ2v) is 6.26. The standard InChI is InChI=1S/C20H21NO4/c1-2-14-3-7-17(8-4-14)25-18-9-5-15(6-10-18)12-21-13-16(20(23)24)11-19(21)22/h3-10,16H,2,11-13H2,1H3,(H,23,24). The normalized spacial score (nSPS) is 16.9. The molecule has 1 atom stereocenters. The molecule has 25 heavy (non-hydrogen) atoms. The van der Waals surface area contributed by atoms with Gasteiger partial charge in [0.25, 0.3) is 0 Å². The van der Waals surface area contributed by atoms with Crippen molar-refractivity contribution in [1.29, 1.82) is 0 Å². The van der Waals surface area contributed by atoms with Crippen molar-refractivity contribution < 1.29 is 19.4 Å². The van der Waals surface area contributed by atoms with Crippen LogP contribution >= 0.6 is 0 Å². The number of aliphatic carboxylic acids is 1. The molecule has 1 saturated heterocycles. The third-order valence-corrected chi connectivity index (χ3v) is 4.43. The Hall–Kier alpha value is -2.82. The number of likely N-dealkylation sites (tertiary alicyclic amines) is 1. The fraction of sp³-hybridized carbons (Fsp3) is 0.300. The van der Waals surface area contributed by atoms with Gasteiger partial charge in [0, 0.05) is 19.5 Å². The van der Waals surface area contributed by atoms with Crippen molar-refractivity contribution in [2.45, 2.75) is 26.3 Å². The van der Waals surface area contributed by atoms with Crippen molar-refractivity contribution in [2.75, 3.05) is 6.54 Å². The van der Waals surface area contributed by atoms with Crippen molar-refractivity contribution in [2.24, 2.45) is 5.92 Å². The number of rotatable bonds is 6. The Balaban J connectivity index is 1.60. The molecule has 1 aliphatic heterocycles. The van der Waals surface area contributed by atoms with Crippen LogP contribution in [0.1, 0.15) is 24.5 Å². The second-order valence-electron chi connectivity index (χ2n) is 6.26. The minimum atomic E-state index is -0.909. The number of carbonyl (C=O) groups is 2. The molecule has 3 rings (SSSR count). The minimum absolute atomic E-state index is 0.0876. The van der Waals surface area contributed by atoms with E-state index in [0.717, 1.165) is 23.5 Å². The van der Waals surface area contributed by atoms with Crippen molar-refractivity contribution in [1.82, 2.24) is 4.90 Å². The van der Waals surface area contributed by atoms with Gasteiger partial charge in [0.05, 0.1) is 5.92 Å². The number of nitrogens with zero attached hydrogens (tertiary/aromatic N) is 1. The third-order valence-electron chi connectivity index (χ3n) is 4.43. The Labute approximate surface area is 146 Å². The first-order valence-electron chi connectivity index (χ1n) is 8.41. The Morgan fingerprint density at radius 3 is 2.12 bits per heavy atom. The number of aryl methyl sites for hydroxylation is 1. The average Bonchev–Trinajstić information content (AvgIpc) is 2.98. The largest absolute Gasteiger partial charge is 0.481 e. The maximum absolute atomic E-state index is 11.9. The van der Waals surface area contributed by atoms with E-state index in [0.29, 0.717) is 6.54 Å². The summed E-state index contributed by atoms with van der Waals surface area (Å²) in [5.41, 5.74) is 2.21. The Kier molecular flexibility index (Phi) is 5.03. The fourth-order valence-electron chi connectivity index (χ4n) is 2.90. The first kappa shape index (κ1) is 17.0. The summed E-state index contributed by atoms with van der Waals surface area (Å²) in [5.74, 6) is -0.105. The van der Waals surface area contributed by atoms with E-state index in [2.05, 4.69) is 6.92 Å². The van der Waals surface area contributed by atoms with Gasteiger partial charge >= 0.3 is 5.97 Å². The third kappa shape index (κ3) is 4.18. The quantitative estimate of drug-likeness (QED) is 0.875. The van der Waals surface area contributed by atoms with Crippen LogP contribution in [-0.2, 0) is 22.6 Å². The molecular weight excluding hydrogens is 318 g/mol. The number of benzene rings is 2. The fourth-order valence-corrected chi connectivity index (χ4v) is 2.90. The SMILES string of the molecule is CCc1ccc(Oc2ccc(CN3CC(C(=O)O)CC3=O)cc2)cc1. The van der Waals surface area contributed by atoms with Gasteiger partial charge in [0.15, 0.2) is 0 Å². The van der Waals surface area contributed by atoms with E-state index in [1.165, 1.54) is 5.56 Å². The molecule has 0 spiro atoms. The zero-order chi connectivity index (χ0) is 17.8. The van der Waals surface area contributed by atoms with E-state index in [1.807, 2.05) is 48.5 Å². The van der Waals surface area contributed by atoms with Crippen LogP contribution in [-0.4, -0.2) is 28.4 Å². The number of carbonyl (C=O) groups excluding carboxylic acids is 1. The van der Waals surface area contributed by atoms with Gasteiger partial charge in [-0.05, 0) is 41.8 Å². The molecule has 130 valence electrons. The molecule has 5 nitrogen and oxygen atoms in total. The first-order chi connectivity index (χ1) is 12.0.